The van der Waals surface area contributed by atoms with Crippen molar-refractivity contribution >= 4 is 15.9 Å². The summed E-state index contributed by atoms with van der Waals surface area (Å²) in [5.74, 6) is 0.691. The highest BCUT2D eigenvalue weighted by Crippen LogP contribution is 2.25. The van der Waals surface area contributed by atoms with Crippen LogP contribution in [-0.2, 0) is 14.8 Å². The van der Waals surface area contributed by atoms with Crippen LogP contribution in [0.2, 0.25) is 0 Å². The Labute approximate surface area is 122 Å². The van der Waals surface area contributed by atoms with E-state index >= 15 is 0 Å². The van der Waals surface area contributed by atoms with E-state index in [1.54, 1.807) is 0 Å². The lowest BCUT2D eigenvalue weighted by atomic mass is 9.99. The molecule has 0 aromatic carbocycles. The Kier molecular flexibility index (Phi) is 5.07. The van der Waals surface area contributed by atoms with Crippen molar-refractivity contribution in [1.82, 2.24) is 9.21 Å². The van der Waals surface area contributed by atoms with Gasteiger partial charge in [-0.25, -0.2) is 8.42 Å². The maximum Gasteiger partial charge on any atom is 0.241 e. The molecule has 0 N–H and O–H groups in total. The van der Waals surface area contributed by atoms with Crippen molar-refractivity contribution in [2.75, 3.05) is 25.4 Å². The maximum atomic E-state index is 12.6. The maximum absolute atomic E-state index is 12.6. The van der Waals surface area contributed by atoms with Crippen LogP contribution in [0.1, 0.15) is 46.0 Å². The largest absolute Gasteiger partial charge is 0.341 e. The Morgan fingerprint density at radius 2 is 1.90 bits per heavy atom. The second-order valence-corrected chi connectivity index (χ2v) is 8.16. The van der Waals surface area contributed by atoms with E-state index < -0.39 is 16.1 Å². The van der Waals surface area contributed by atoms with Gasteiger partial charge in [-0.3, -0.25) is 4.79 Å². The number of amides is 1. The van der Waals surface area contributed by atoms with Gasteiger partial charge in [0.1, 0.15) is 6.04 Å². The summed E-state index contributed by atoms with van der Waals surface area (Å²) < 4.78 is 26.0. The first kappa shape index (κ1) is 15.8. The number of nitrogens with zero attached hydrogens (tertiary/aromatic N) is 2. The zero-order valence-electron chi connectivity index (χ0n) is 12.5. The molecule has 6 heteroatoms. The van der Waals surface area contributed by atoms with E-state index in [4.69, 9.17) is 0 Å². The summed E-state index contributed by atoms with van der Waals surface area (Å²) >= 11 is 0. The molecule has 0 aliphatic carbocycles. The first-order valence-electron chi connectivity index (χ1n) is 7.74. The molecule has 116 valence electrons. The summed E-state index contributed by atoms with van der Waals surface area (Å²) in [5, 5.41) is 0. The minimum atomic E-state index is -3.27. The van der Waals surface area contributed by atoms with Gasteiger partial charge in [0.05, 0.1) is 5.75 Å². The van der Waals surface area contributed by atoms with Crippen molar-refractivity contribution in [3.8, 4) is 0 Å². The van der Waals surface area contributed by atoms with E-state index in [2.05, 4.69) is 6.92 Å². The topological polar surface area (TPSA) is 57.7 Å². The summed E-state index contributed by atoms with van der Waals surface area (Å²) in [6.07, 6.45) is 4.25. The number of piperidine rings is 1. The van der Waals surface area contributed by atoms with E-state index in [1.165, 1.54) is 4.31 Å². The summed E-state index contributed by atoms with van der Waals surface area (Å²) in [6, 6.07) is -0.447. The van der Waals surface area contributed by atoms with Crippen molar-refractivity contribution in [2.45, 2.75) is 52.0 Å². The summed E-state index contributed by atoms with van der Waals surface area (Å²) in [6.45, 7) is 6.07. The average molecular weight is 302 g/mol. The van der Waals surface area contributed by atoms with Crippen LogP contribution in [0.15, 0.2) is 0 Å². The number of carbonyl (C=O) groups excluding carboxylic acids is 1. The van der Waals surface area contributed by atoms with Gasteiger partial charge in [0.15, 0.2) is 0 Å². The van der Waals surface area contributed by atoms with Gasteiger partial charge >= 0.3 is 0 Å². The minimum absolute atomic E-state index is 0.0220. The Morgan fingerprint density at radius 3 is 2.55 bits per heavy atom. The van der Waals surface area contributed by atoms with Crippen LogP contribution in [-0.4, -0.2) is 55.0 Å². The van der Waals surface area contributed by atoms with E-state index in [1.807, 2.05) is 11.8 Å². The molecule has 20 heavy (non-hydrogen) atoms. The molecular formula is C14H26N2O3S. The van der Waals surface area contributed by atoms with Gasteiger partial charge in [-0.1, -0.05) is 13.8 Å². The lowest BCUT2D eigenvalue weighted by Gasteiger charge is -2.34. The van der Waals surface area contributed by atoms with Gasteiger partial charge in [-0.15, -0.1) is 0 Å². The number of rotatable bonds is 4. The van der Waals surface area contributed by atoms with Gasteiger partial charge in [0, 0.05) is 19.6 Å². The first-order chi connectivity index (χ1) is 9.45. The number of hydrogen-bond acceptors (Lipinski definition) is 3. The summed E-state index contributed by atoms with van der Waals surface area (Å²) in [7, 11) is -3.27. The van der Waals surface area contributed by atoms with Crippen molar-refractivity contribution in [2.24, 2.45) is 5.92 Å². The molecule has 2 atom stereocenters. The van der Waals surface area contributed by atoms with Crippen LogP contribution in [0.25, 0.3) is 0 Å². The van der Waals surface area contributed by atoms with Crippen molar-refractivity contribution in [3.63, 3.8) is 0 Å². The first-order valence-corrected chi connectivity index (χ1v) is 9.35. The third-order valence-electron chi connectivity index (χ3n) is 4.28. The standard InChI is InChI=1S/C14H26N2O3S/c1-3-10-20(18,19)16-9-5-7-13(16)14(17)15-8-4-6-12(2)11-15/h12-13H,3-11H2,1-2H3. The quantitative estimate of drug-likeness (QED) is 0.790. The van der Waals surface area contributed by atoms with Gasteiger partial charge in [-0.2, -0.15) is 4.31 Å². The molecule has 2 unspecified atom stereocenters. The fourth-order valence-corrected chi connectivity index (χ4v) is 5.04. The number of carbonyl (C=O) groups is 1. The Bertz CT molecular complexity index is 449. The number of sulfonamides is 1. The number of hydrogen-bond donors (Lipinski definition) is 0. The lowest BCUT2D eigenvalue weighted by molar-refractivity contribution is -0.136. The van der Waals surface area contributed by atoms with Crippen molar-refractivity contribution < 1.29 is 13.2 Å². The SMILES string of the molecule is CCCS(=O)(=O)N1CCCC1C(=O)N1CCCC(C)C1. The van der Waals surface area contributed by atoms with Crippen LogP contribution in [0.4, 0.5) is 0 Å². The molecule has 0 saturated carbocycles. The minimum Gasteiger partial charge on any atom is -0.341 e. The molecule has 1 amide bonds. The molecule has 0 bridgehead atoms. The predicted octanol–water partition coefficient (Wildman–Crippen LogP) is 1.45. The molecule has 2 aliphatic heterocycles. The Morgan fingerprint density at radius 1 is 1.20 bits per heavy atom. The second kappa shape index (κ2) is 6.43. The van der Waals surface area contributed by atoms with Crippen LogP contribution in [0.5, 0.6) is 0 Å². The smallest absolute Gasteiger partial charge is 0.241 e. The van der Waals surface area contributed by atoms with Gasteiger partial charge in [-0.05, 0) is 38.0 Å². The van der Waals surface area contributed by atoms with Crippen LogP contribution in [0, 0.1) is 5.92 Å². The molecule has 5 nitrogen and oxygen atoms in total. The molecular weight excluding hydrogens is 276 g/mol. The van der Waals surface area contributed by atoms with E-state index in [0.29, 0.717) is 25.3 Å². The highest BCUT2D eigenvalue weighted by atomic mass is 32.2. The second-order valence-electron chi connectivity index (χ2n) is 6.12. The molecule has 2 saturated heterocycles. The fourth-order valence-electron chi connectivity index (χ4n) is 3.30. The van der Waals surface area contributed by atoms with Gasteiger partial charge in [0.2, 0.25) is 15.9 Å². The molecule has 0 aromatic heterocycles. The monoisotopic (exact) mass is 302 g/mol. The lowest BCUT2D eigenvalue weighted by Crippen LogP contribution is -2.50. The highest BCUT2D eigenvalue weighted by molar-refractivity contribution is 7.89. The molecule has 2 aliphatic rings. The number of likely N-dealkylation sites (tertiary alicyclic amines) is 1. The zero-order chi connectivity index (χ0) is 14.8. The molecule has 2 fully saturated rings. The molecule has 0 radical (unpaired) electrons. The van der Waals surface area contributed by atoms with Gasteiger partial charge < -0.3 is 4.90 Å². The van der Waals surface area contributed by atoms with Crippen molar-refractivity contribution in [1.29, 1.82) is 0 Å². The van der Waals surface area contributed by atoms with E-state index in [9.17, 15) is 13.2 Å². The molecule has 2 rings (SSSR count). The predicted molar refractivity (Wildman–Crippen MR) is 78.8 cm³/mol. The third kappa shape index (κ3) is 3.34. The summed E-state index contributed by atoms with van der Waals surface area (Å²) in [4.78, 5) is 14.5. The summed E-state index contributed by atoms with van der Waals surface area (Å²) in [5.41, 5.74) is 0. The third-order valence-corrected chi connectivity index (χ3v) is 6.35. The Balaban J connectivity index is 2.08. The van der Waals surface area contributed by atoms with Crippen LogP contribution in [0.3, 0.4) is 0 Å². The van der Waals surface area contributed by atoms with Crippen LogP contribution >= 0.6 is 0 Å². The Hall–Kier alpha value is -0.620. The molecule has 2 heterocycles. The average Bonchev–Trinajstić information content (AvgIpc) is 2.87. The van der Waals surface area contributed by atoms with E-state index in [0.717, 1.165) is 32.4 Å². The van der Waals surface area contributed by atoms with E-state index in [-0.39, 0.29) is 11.7 Å². The molecule has 0 aromatic rings. The van der Waals surface area contributed by atoms with Gasteiger partial charge in [0.25, 0.3) is 0 Å². The molecule has 0 spiro atoms. The van der Waals surface area contributed by atoms with Crippen LogP contribution < -0.4 is 0 Å². The fraction of sp³-hybridized carbons (Fsp3) is 0.929. The van der Waals surface area contributed by atoms with Crippen molar-refractivity contribution in [3.05, 3.63) is 0 Å². The highest BCUT2D eigenvalue weighted by Gasteiger charge is 2.40. The normalized spacial score (nSPS) is 28.8. The zero-order valence-corrected chi connectivity index (χ0v) is 13.4.